The number of ether oxygens (including phenoxy) is 2. The molecule has 1 aromatic carbocycles. The molecule has 0 spiro atoms. The van der Waals surface area contributed by atoms with E-state index in [4.69, 9.17) is 31.3 Å². The van der Waals surface area contributed by atoms with E-state index in [-0.39, 0.29) is 22.3 Å². The zero-order valence-electron chi connectivity index (χ0n) is 9.66. The van der Waals surface area contributed by atoms with Gasteiger partial charge in [0.15, 0.2) is 28.9 Å². The van der Waals surface area contributed by atoms with Gasteiger partial charge in [0.25, 0.3) is 0 Å². The smallest absolute Gasteiger partial charge is 0.199 e. The maximum atomic E-state index is 13.7. The first-order valence-corrected chi connectivity index (χ1v) is 5.28. The summed E-state index contributed by atoms with van der Waals surface area (Å²) in [6.07, 6.45) is 0. The van der Waals surface area contributed by atoms with Crippen LogP contribution in [0.15, 0.2) is 16.7 Å². The van der Waals surface area contributed by atoms with E-state index in [0.29, 0.717) is 11.3 Å². The summed E-state index contributed by atoms with van der Waals surface area (Å²) in [6, 6.07) is 2.84. The van der Waals surface area contributed by atoms with Crippen molar-refractivity contribution in [1.82, 2.24) is 5.16 Å². The Balaban J connectivity index is 2.70. The van der Waals surface area contributed by atoms with Crippen molar-refractivity contribution in [2.75, 3.05) is 20.0 Å². The molecule has 0 saturated heterocycles. The van der Waals surface area contributed by atoms with Gasteiger partial charge in [0.2, 0.25) is 0 Å². The Hall–Kier alpha value is -1.95. The zero-order chi connectivity index (χ0) is 13.3. The van der Waals surface area contributed by atoms with Gasteiger partial charge in [-0.25, -0.2) is 4.39 Å². The number of methoxy groups -OCH3 is 2. The summed E-state index contributed by atoms with van der Waals surface area (Å²) < 4.78 is 28.8. The fraction of sp³-hybridized carbons (Fsp3) is 0.182. The summed E-state index contributed by atoms with van der Waals surface area (Å²) in [5.74, 6) is -0.131. The van der Waals surface area contributed by atoms with Gasteiger partial charge in [-0.15, -0.1) is 0 Å². The summed E-state index contributed by atoms with van der Waals surface area (Å²) in [6.45, 7) is 0. The molecule has 1 aromatic heterocycles. The molecule has 2 aromatic rings. The van der Waals surface area contributed by atoms with E-state index in [2.05, 4.69) is 5.16 Å². The van der Waals surface area contributed by atoms with Gasteiger partial charge >= 0.3 is 0 Å². The second-order valence-electron chi connectivity index (χ2n) is 3.40. The van der Waals surface area contributed by atoms with Gasteiger partial charge in [0.1, 0.15) is 0 Å². The van der Waals surface area contributed by atoms with Crippen molar-refractivity contribution in [2.24, 2.45) is 0 Å². The molecule has 1 heterocycles. The lowest BCUT2D eigenvalue weighted by atomic mass is 10.1. The molecule has 5 nitrogen and oxygen atoms in total. The molecule has 0 atom stereocenters. The minimum absolute atomic E-state index is 0.102. The molecule has 2 rings (SSSR count). The van der Waals surface area contributed by atoms with Crippen LogP contribution in [0.1, 0.15) is 0 Å². The number of rotatable bonds is 3. The standard InChI is InChI=1S/C11H10ClFN2O3/c1-16-10-5(7-4-8(14)15-18-7)3-6(12)9(13)11(10)17-2/h3-4H,1-2H3,(H2,14,15). The molecule has 0 unspecified atom stereocenters. The molecule has 2 N–H and O–H groups in total. The van der Waals surface area contributed by atoms with Crippen molar-refractivity contribution in [1.29, 1.82) is 0 Å². The van der Waals surface area contributed by atoms with E-state index in [1.807, 2.05) is 0 Å². The number of nitrogen functional groups attached to an aromatic ring is 1. The van der Waals surface area contributed by atoms with Crippen LogP contribution in [0.2, 0.25) is 5.02 Å². The lowest BCUT2D eigenvalue weighted by Gasteiger charge is -2.12. The van der Waals surface area contributed by atoms with Crippen molar-refractivity contribution in [3.63, 3.8) is 0 Å². The predicted molar refractivity (Wildman–Crippen MR) is 64.4 cm³/mol. The topological polar surface area (TPSA) is 70.5 Å². The summed E-state index contributed by atoms with van der Waals surface area (Å²) in [4.78, 5) is 0. The number of halogens is 2. The normalized spacial score (nSPS) is 10.4. The monoisotopic (exact) mass is 272 g/mol. The summed E-state index contributed by atoms with van der Waals surface area (Å²) in [5.41, 5.74) is 5.87. The molecule has 0 aliphatic rings. The predicted octanol–water partition coefficient (Wildman–Crippen LogP) is 2.73. The van der Waals surface area contributed by atoms with Gasteiger partial charge in [-0.1, -0.05) is 16.8 Å². The molecular formula is C11H10ClFN2O3. The summed E-state index contributed by atoms with van der Waals surface area (Å²) in [5, 5.41) is 3.43. The first-order chi connectivity index (χ1) is 8.58. The highest BCUT2D eigenvalue weighted by molar-refractivity contribution is 6.31. The highest BCUT2D eigenvalue weighted by atomic mass is 35.5. The molecule has 7 heteroatoms. The first kappa shape index (κ1) is 12.5. The van der Waals surface area contributed by atoms with E-state index >= 15 is 0 Å². The van der Waals surface area contributed by atoms with Crippen LogP contribution in [0.4, 0.5) is 10.2 Å². The number of benzene rings is 1. The van der Waals surface area contributed by atoms with Crippen LogP contribution < -0.4 is 15.2 Å². The molecule has 0 saturated carbocycles. The van der Waals surface area contributed by atoms with Crippen LogP contribution in [0.5, 0.6) is 11.5 Å². The van der Waals surface area contributed by atoms with Crippen LogP contribution in [-0.4, -0.2) is 19.4 Å². The van der Waals surface area contributed by atoms with Gasteiger partial charge in [-0.05, 0) is 6.07 Å². The second-order valence-corrected chi connectivity index (χ2v) is 3.81. The average Bonchev–Trinajstić information content (AvgIpc) is 2.78. The molecule has 0 amide bonds. The van der Waals surface area contributed by atoms with Crippen molar-refractivity contribution >= 4 is 17.4 Å². The molecular weight excluding hydrogens is 263 g/mol. The fourth-order valence-corrected chi connectivity index (χ4v) is 1.76. The Morgan fingerprint density at radius 1 is 1.28 bits per heavy atom. The Kier molecular flexibility index (Phi) is 3.29. The van der Waals surface area contributed by atoms with Crippen LogP contribution in [0.25, 0.3) is 11.3 Å². The average molecular weight is 273 g/mol. The third kappa shape index (κ3) is 1.95. The van der Waals surface area contributed by atoms with Crippen LogP contribution in [-0.2, 0) is 0 Å². The molecule has 0 radical (unpaired) electrons. The number of nitrogens with zero attached hydrogens (tertiary/aromatic N) is 1. The van der Waals surface area contributed by atoms with Crippen molar-refractivity contribution in [3.05, 3.63) is 23.0 Å². The molecule has 0 fully saturated rings. The van der Waals surface area contributed by atoms with Crippen LogP contribution in [0.3, 0.4) is 0 Å². The number of nitrogens with two attached hydrogens (primary N) is 1. The number of hydrogen-bond donors (Lipinski definition) is 1. The fourth-order valence-electron chi connectivity index (χ4n) is 1.57. The maximum Gasteiger partial charge on any atom is 0.199 e. The Bertz CT molecular complexity index is 586. The Morgan fingerprint density at radius 3 is 2.44 bits per heavy atom. The van der Waals surface area contributed by atoms with Gasteiger partial charge in [-0.3, -0.25) is 0 Å². The van der Waals surface area contributed by atoms with Gasteiger partial charge in [0, 0.05) is 6.07 Å². The second kappa shape index (κ2) is 4.73. The van der Waals surface area contributed by atoms with Crippen LogP contribution >= 0.6 is 11.6 Å². The number of anilines is 1. The SMILES string of the molecule is COc1c(-c2cc(N)no2)cc(Cl)c(F)c1OC. The Labute approximate surface area is 107 Å². The van der Waals surface area contributed by atoms with Crippen LogP contribution in [0, 0.1) is 5.82 Å². The van der Waals surface area contributed by atoms with E-state index < -0.39 is 5.82 Å². The molecule has 96 valence electrons. The van der Waals surface area contributed by atoms with Gasteiger partial charge in [-0.2, -0.15) is 0 Å². The zero-order valence-corrected chi connectivity index (χ0v) is 10.4. The van der Waals surface area contributed by atoms with Crippen molar-refractivity contribution in [3.8, 4) is 22.8 Å². The summed E-state index contributed by atoms with van der Waals surface area (Å²) >= 11 is 5.78. The van der Waals surface area contributed by atoms with E-state index in [1.165, 1.54) is 26.4 Å². The Morgan fingerprint density at radius 2 is 1.94 bits per heavy atom. The third-order valence-corrected chi connectivity index (χ3v) is 2.61. The van der Waals surface area contributed by atoms with E-state index in [0.717, 1.165) is 0 Å². The third-order valence-electron chi connectivity index (χ3n) is 2.33. The minimum Gasteiger partial charge on any atom is -0.492 e. The quantitative estimate of drug-likeness (QED) is 0.930. The van der Waals surface area contributed by atoms with Crippen molar-refractivity contribution in [2.45, 2.75) is 0 Å². The lowest BCUT2D eigenvalue weighted by Crippen LogP contribution is -1.97. The lowest BCUT2D eigenvalue weighted by molar-refractivity contribution is 0.337. The highest BCUT2D eigenvalue weighted by Crippen LogP contribution is 2.43. The van der Waals surface area contributed by atoms with Gasteiger partial charge in [0.05, 0.1) is 24.8 Å². The first-order valence-electron chi connectivity index (χ1n) is 4.91. The van der Waals surface area contributed by atoms with E-state index in [1.54, 1.807) is 0 Å². The minimum atomic E-state index is -0.702. The highest BCUT2D eigenvalue weighted by Gasteiger charge is 2.22. The number of aromatic nitrogens is 1. The number of hydrogen-bond acceptors (Lipinski definition) is 5. The van der Waals surface area contributed by atoms with E-state index in [9.17, 15) is 4.39 Å². The molecule has 18 heavy (non-hydrogen) atoms. The summed E-state index contributed by atoms with van der Waals surface area (Å²) in [7, 11) is 2.70. The van der Waals surface area contributed by atoms with Crippen molar-refractivity contribution < 1.29 is 18.4 Å². The molecule has 0 aliphatic heterocycles. The largest absolute Gasteiger partial charge is 0.492 e. The maximum absolute atomic E-state index is 13.7. The molecule has 0 bridgehead atoms. The van der Waals surface area contributed by atoms with Gasteiger partial charge < -0.3 is 19.7 Å². The molecule has 0 aliphatic carbocycles.